The van der Waals surface area contributed by atoms with Gasteiger partial charge in [0.05, 0.1) is 13.4 Å². The van der Waals surface area contributed by atoms with Crippen LogP contribution in [0.25, 0.3) is 11.6 Å². The molecule has 0 aliphatic rings. The van der Waals surface area contributed by atoms with Crippen LogP contribution in [0.3, 0.4) is 0 Å². The van der Waals surface area contributed by atoms with E-state index in [2.05, 4.69) is 40.7 Å². The number of benzene rings is 1. The highest BCUT2D eigenvalue weighted by atomic mass is 32.2. The number of rotatable bonds is 8. The highest BCUT2D eigenvalue weighted by molar-refractivity contribution is 7.99. The van der Waals surface area contributed by atoms with E-state index in [-0.39, 0.29) is 0 Å². The van der Waals surface area contributed by atoms with Crippen LogP contribution in [0.1, 0.15) is 19.4 Å². The van der Waals surface area contributed by atoms with E-state index in [1.807, 2.05) is 24.3 Å². The van der Waals surface area contributed by atoms with E-state index in [1.165, 1.54) is 5.56 Å². The molecule has 0 saturated heterocycles. The minimum atomic E-state index is 0.505. The van der Waals surface area contributed by atoms with Crippen LogP contribution in [0.15, 0.2) is 52.2 Å². The molecule has 0 aliphatic carbocycles. The molecule has 3 aromatic rings. The molecule has 0 unspecified atom stereocenters. The summed E-state index contributed by atoms with van der Waals surface area (Å²) in [6.07, 6.45) is 2.64. The summed E-state index contributed by atoms with van der Waals surface area (Å²) in [7, 11) is 1.68. The molecule has 0 radical (unpaired) electrons. The highest BCUT2D eigenvalue weighted by Crippen LogP contribution is 2.26. The van der Waals surface area contributed by atoms with Crippen LogP contribution in [-0.2, 0) is 13.0 Å². The number of hydrogen-bond acceptors (Lipinski definition) is 5. The van der Waals surface area contributed by atoms with Gasteiger partial charge in [0.1, 0.15) is 5.75 Å². The van der Waals surface area contributed by atoms with E-state index in [0.717, 1.165) is 41.2 Å². The van der Waals surface area contributed by atoms with Crippen molar-refractivity contribution in [2.24, 2.45) is 5.92 Å². The molecule has 3 rings (SSSR count). The van der Waals surface area contributed by atoms with Crippen LogP contribution >= 0.6 is 11.8 Å². The largest absolute Gasteiger partial charge is 0.497 e. The summed E-state index contributed by atoms with van der Waals surface area (Å²) >= 11 is 1.73. The van der Waals surface area contributed by atoms with E-state index in [9.17, 15) is 0 Å². The summed E-state index contributed by atoms with van der Waals surface area (Å²) in [5.74, 6) is 3.89. The Hall–Kier alpha value is -2.21. The van der Waals surface area contributed by atoms with Crippen LogP contribution in [-0.4, -0.2) is 27.6 Å². The average molecular weight is 357 g/mol. The van der Waals surface area contributed by atoms with Gasteiger partial charge in [-0.05, 0) is 42.2 Å². The molecule has 2 heterocycles. The summed E-state index contributed by atoms with van der Waals surface area (Å²) in [5.41, 5.74) is 1.29. The Bertz CT molecular complexity index is 780. The molecule has 1 aromatic carbocycles. The molecule has 0 N–H and O–H groups in total. The Morgan fingerprint density at radius 1 is 1.16 bits per heavy atom. The Kier molecular flexibility index (Phi) is 5.81. The maximum Gasteiger partial charge on any atom is 0.200 e. The SMILES string of the molecule is COc1ccc(CCSc2nnc(-c3ccco3)n2CC(C)C)cc1. The van der Waals surface area contributed by atoms with Crippen molar-refractivity contribution in [1.82, 2.24) is 14.8 Å². The molecule has 132 valence electrons. The first-order valence-corrected chi connectivity index (χ1v) is 9.38. The van der Waals surface area contributed by atoms with Gasteiger partial charge in [-0.2, -0.15) is 0 Å². The van der Waals surface area contributed by atoms with E-state index in [0.29, 0.717) is 5.92 Å². The minimum absolute atomic E-state index is 0.505. The maximum absolute atomic E-state index is 5.51. The van der Waals surface area contributed by atoms with Gasteiger partial charge in [0.15, 0.2) is 16.7 Å². The molecule has 0 atom stereocenters. The zero-order valence-electron chi connectivity index (χ0n) is 14.8. The van der Waals surface area contributed by atoms with Crippen LogP contribution in [0, 0.1) is 5.92 Å². The second kappa shape index (κ2) is 8.25. The van der Waals surface area contributed by atoms with Gasteiger partial charge in [0.25, 0.3) is 0 Å². The smallest absolute Gasteiger partial charge is 0.200 e. The predicted molar refractivity (Wildman–Crippen MR) is 100.0 cm³/mol. The van der Waals surface area contributed by atoms with Gasteiger partial charge in [-0.25, -0.2) is 0 Å². The summed E-state index contributed by atoms with van der Waals surface area (Å²) < 4.78 is 12.9. The first kappa shape index (κ1) is 17.6. The monoisotopic (exact) mass is 357 g/mol. The van der Waals surface area contributed by atoms with Crippen molar-refractivity contribution >= 4 is 11.8 Å². The van der Waals surface area contributed by atoms with Crippen LogP contribution in [0.2, 0.25) is 0 Å². The molecule has 0 aliphatic heterocycles. The van der Waals surface area contributed by atoms with Crippen molar-refractivity contribution in [3.8, 4) is 17.3 Å². The topological polar surface area (TPSA) is 53.1 Å². The Balaban J connectivity index is 1.69. The number of aromatic nitrogens is 3. The molecule has 2 aromatic heterocycles. The number of furan rings is 1. The molecule has 0 saturated carbocycles. The second-order valence-corrected chi connectivity index (χ2v) is 7.30. The molecule has 6 heteroatoms. The number of ether oxygens (including phenoxy) is 1. The zero-order chi connectivity index (χ0) is 17.6. The van der Waals surface area contributed by atoms with Crippen molar-refractivity contribution in [1.29, 1.82) is 0 Å². The molecule has 0 spiro atoms. The maximum atomic E-state index is 5.51. The lowest BCUT2D eigenvalue weighted by molar-refractivity contribution is 0.414. The third-order valence-corrected chi connectivity index (χ3v) is 4.76. The van der Waals surface area contributed by atoms with E-state index in [4.69, 9.17) is 9.15 Å². The first-order chi connectivity index (χ1) is 12.2. The summed E-state index contributed by atoms with van der Waals surface area (Å²) in [6.45, 7) is 5.25. The third-order valence-electron chi connectivity index (χ3n) is 3.79. The van der Waals surface area contributed by atoms with Gasteiger partial charge in [0.2, 0.25) is 0 Å². The lowest BCUT2D eigenvalue weighted by atomic mass is 10.2. The van der Waals surface area contributed by atoms with Crippen LogP contribution in [0.5, 0.6) is 5.75 Å². The molecule has 25 heavy (non-hydrogen) atoms. The van der Waals surface area contributed by atoms with Gasteiger partial charge in [0, 0.05) is 12.3 Å². The van der Waals surface area contributed by atoms with E-state index < -0.39 is 0 Å². The fraction of sp³-hybridized carbons (Fsp3) is 0.368. The quantitative estimate of drug-likeness (QED) is 0.554. The summed E-state index contributed by atoms with van der Waals surface area (Å²) in [4.78, 5) is 0. The Labute approximate surface area is 152 Å². The standard InChI is InChI=1S/C19H23N3O2S/c1-14(2)13-22-18(17-5-4-11-24-17)20-21-19(22)25-12-10-15-6-8-16(23-3)9-7-15/h4-9,11,14H,10,12-13H2,1-3H3. The van der Waals surface area contributed by atoms with Gasteiger partial charge in [-0.15, -0.1) is 10.2 Å². The van der Waals surface area contributed by atoms with E-state index >= 15 is 0 Å². The summed E-state index contributed by atoms with van der Waals surface area (Å²) in [6, 6.07) is 12.0. The average Bonchev–Trinajstić information content (AvgIpc) is 3.25. The molecule has 5 nitrogen and oxygen atoms in total. The molecular formula is C19H23N3O2S. The fourth-order valence-corrected chi connectivity index (χ4v) is 3.50. The number of thioether (sulfide) groups is 1. The molecule has 0 bridgehead atoms. The third kappa shape index (κ3) is 4.45. The highest BCUT2D eigenvalue weighted by Gasteiger charge is 2.17. The van der Waals surface area contributed by atoms with Crippen LogP contribution in [0.4, 0.5) is 0 Å². The second-order valence-electron chi connectivity index (χ2n) is 6.23. The number of aryl methyl sites for hydroxylation is 1. The lowest BCUT2D eigenvalue weighted by Gasteiger charge is -2.11. The van der Waals surface area contributed by atoms with E-state index in [1.54, 1.807) is 25.1 Å². The number of hydrogen-bond donors (Lipinski definition) is 0. The van der Waals surface area contributed by atoms with Gasteiger partial charge in [-0.3, -0.25) is 4.57 Å². The summed E-state index contributed by atoms with van der Waals surface area (Å²) in [5, 5.41) is 9.66. The van der Waals surface area contributed by atoms with Crippen LogP contribution < -0.4 is 4.74 Å². The normalized spacial score (nSPS) is 11.2. The van der Waals surface area contributed by atoms with Crippen molar-refractivity contribution in [3.05, 3.63) is 48.2 Å². The Morgan fingerprint density at radius 3 is 2.60 bits per heavy atom. The first-order valence-electron chi connectivity index (χ1n) is 8.40. The van der Waals surface area contributed by atoms with Gasteiger partial charge < -0.3 is 9.15 Å². The fourth-order valence-electron chi connectivity index (χ4n) is 2.57. The zero-order valence-corrected chi connectivity index (χ0v) is 15.6. The Morgan fingerprint density at radius 2 is 1.96 bits per heavy atom. The van der Waals surface area contributed by atoms with Crippen molar-refractivity contribution < 1.29 is 9.15 Å². The van der Waals surface area contributed by atoms with Gasteiger partial charge in [-0.1, -0.05) is 37.7 Å². The minimum Gasteiger partial charge on any atom is -0.497 e. The molecular weight excluding hydrogens is 334 g/mol. The van der Waals surface area contributed by atoms with Crippen molar-refractivity contribution in [2.45, 2.75) is 32.0 Å². The van der Waals surface area contributed by atoms with Gasteiger partial charge >= 0.3 is 0 Å². The number of nitrogens with zero attached hydrogens (tertiary/aromatic N) is 3. The van der Waals surface area contributed by atoms with Crippen molar-refractivity contribution in [3.63, 3.8) is 0 Å². The molecule has 0 fully saturated rings. The lowest BCUT2D eigenvalue weighted by Crippen LogP contribution is -2.08. The molecule has 0 amide bonds. The van der Waals surface area contributed by atoms with Crippen molar-refractivity contribution in [2.75, 3.05) is 12.9 Å². The predicted octanol–water partition coefficient (Wildman–Crippen LogP) is 4.54. The number of methoxy groups -OCH3 is 1.